The van der Waals surface area contributed by atoms with Crippen LogP contribution in [-0.2, 0) is 11.2 Å². The number of aliphatic hydroxyl groups is 1. The Morgan fingerprint density at radius 3 is 2.75 bits per heavy atom. The van der Waals surface area contributed by atoms with Crippen LogP contribution in [0.25, 0.3) is 0 Å². The minimum absolute atomic E-state index is 0.130. The number of carbonyl (C=O) groups is 1. The largest absolute Gasteiger partial charge is 0.392 e. The molecular formula is C19H31N3O2. The van der Waals surface area contributed by atoms with E-state index in [1.165, 1.54) is 5.56 Å². The lowest BCUT2D eigenvalue weighted by atomic mass is 10.1. The Balaban J connectivity index is 1.60. The molecule has 0 bridgehead atoms. The number of hydrogen-bond acceptors (Lipinski definition) is 4. The smallest absolute Gasteiger partial charge is 0.221 e. The molecule has 1 aliphatic rings. The van der Waals surface area contributed by atoms with Gasteiger partial charge in [-0.3, -0.25) is 9.69 Å². The van der Waals surface area contributed by atoms with Crippen molar-refractivity contribution in [3.8, 4) is 0 Å². The van der Waals surface area contributed by atoms with Gasteiger partial charge in [0.1, 0.15) is 0 Å². The lowest BCUT2D eigenvalue weighted by Crippen LogP contribution is -2.53. The lowest BCUT2D eigenvalue weighted by molar-refractivity contribution is -0.121. The van der Waals surface area contributed by atoms with Crippen molar-refractivity contribution in [3.05, 3.63) is 35.9 Å². The average molecular weight is 333 g/mol. The van der Waals surface area contributed by atoms with Crippen LogP contribution in [0, 0.1) is 0 Å². The highest BCUT2D eigenvalue weighted by molar-refractivity contribution is 5.76. The molecule has 5 heteroatoms. The summed E-state index contributed by atoms with van der Waals surface area (Å²) in [6.07, 6.45) is 1.15. The first-order valence-electron chi connectivity index (χ1n) is 8.99. The molecule has 24 heavy (non-hydrogen) atoms. The molecule has 2 rings (SSSR count). The molecule has 0 saturated carbocycles. The second kappa shape index (κ2) is 9.77. The summed E-state index contributed by atoms with van der Waals surface area (Å²) in [6, 6.07) is 10.6. The predicted molar refractivity (Wildman–Crippen MR) is 96.9 cm³/mol. The van der Waals surface area contributed by atoms with E-state index in [1.807, 2.05) is 25.1 Å². The molecule has 2 N–H and O–H groups in total. The van der Waals surface area contributed by atoms with Crippen molar-refractivity contribution in [1.29, 1.82) is 0 Å². The topological polar surface area (TPSA) is 55.8 Å². The van der Waals surface area contributed by atoms with Crippen LogP contribution in [-0.4, -0.2) is 72.2 Å². The van der Waals surface area contributed by atoms with Crippen molar-refractivity contribution >= 4 is 5.91 Å². The molecule has 1 aromatic carbocycles. The Hall–Kier alpha value is -1.43. The molecule has 0 aromatic heterocycles. The van der Waals surface area contributed by atoms with Gasteiger partial charge in [0.2, 0.25) is 5.91 Å². The summed E-state index contributed by atoms with van der Waals surface area (Å²) < 4.78 is 0. The number of amides is 1. The van der Waals surface area contributed by atoms with Crippen molar-refractivity contribution < 1.29 is 9.90 Å². The van der Waals surface area contributed by atoms with Crippen molar-refractivity contribution in [1.82, 2.24) is 15.1 Å². The molecule has 1 aromatic rings. The number of nitrogens with one attached hydrogen (secondary N) is 1. The highest BCUT2D eigenvalue weighted by atomic mass is 16.3. The minimum Gasteiger partial charge on any atom is -0.392 e. The molecular weight excluding hydrogens is 302 g/mol. The summed E-state index contributed by atoms with van der Waals surface area (Å²) in [7, 11) is 0. The maximum atomic E-state index is 12.0. The van der Waals surface area contributed by atoms with Gasteiger partial charge in [0.25, 0.3) is 0 Å². The highest BCUT2D eigenvalue weighted by Gasteiger charge is 2.24. The first-order chi connectivity index (χ1) is 11.5. The van der Waals surface area contributed by atoms with E-state index in [1.54, 1.807) is 0 Å². The number of hydrogen-bond donors (Lipinski definition) is 2. The average Bonchev–Trinajstić information content (AvgIpc) is 2.56. The van der Waals surface area contributed by atoms with E-state index in [4.69, 9.17) is 0 Å². The molecule has 1 amide bonds. The van der Waals surface area contributed by atoms with Gasteiger partial charge in [0.05, 0.1) is 6.10 Å². The van der Waals surface area contributed by atoms with Gasteiger partial charge < -0.3 is 15.3 Å². The summed E-state index contributed by atoms with van der Waals surface area (Å²) in [5, 5.41) is 12.5. The molecule has 5 nitrogen and oxygen atoms in total. The molecule has 2 atom stereocenters. The Kier molecular flexibility index (Phi) is 7.69. The Morgan fingerprint density at radius 1 is 1.33 bits per heavy atom. The van der Waals surface area contributed by atoms with Gasteiger partial charge in [-0.2, -0.15) is 0 Å². The van der Waals surface area contributed by atoms with E-state index in [-0.39, 0.29) is 12.0 Å². The van der Waals surface area contributed by atoms with Crippen LogP contribution in [0.1, 0.15) is 25.8 Å². The van der Waals surface area contributed by atoms with Gasteiger partial charge in [-0.25, -0.2) is 0 Å². The molecule has 0 aliphatic carbocycles. The Labute approximate surface area is 145 Å². The summed E-state index contributed by atoms with van der Waals surface area (Å²) in [4.78, 5) is 16.7. The lowest BCUT2D eigenvalue weighted by Gasteiger charge is -2.40. The second-order valence-corrected chi connectivity index (χ2v) is 6.83. The van der Waals surface area contributed by atoms with E-state index in [0.717, 1.165) is 39.1 Å². The summed E-state index contributed by atoms with van der Waals surface area (Å²) in [5.41, 5.74) is 1.25. The molecule has 0 spiro atoms. The molecule has 1 saturated heterocycles. The number of β-amino-alcohol motifs (C(OH)–C–C–N with tert-alkyl or cyclic N) is 1. The van der Waals surface area contributed by atoms with Crippen LogP contribution in [0.15, 0.2) is 30.3 Å². The molecule has 1 fully saturated rings. The van der Waals surface area contributed by atoms with Crippen molar-refractivity contribution in [3.63, 3.8) is 0 Å². The van der Waals surface area contributed by atoms with Crippen LogP contribution >= 0.6 is 0 Å². The number of benzene rings is 1. The molecule has 0 radical (unpaired) electrons. The van der Waals surface area contributed by atoms with Crippen LogP contribution < -0.4 is 5.32 Å². The van der Waals surface area contributed by atoms with Gasteiger partial charge in [-0.1, -0.05) is 30.3 Å². The molecule has 1 heterocycles. The maximum absolute atomic E-state index is 12.0. The van der Waals surface area contributed by atoms with Crippen LogP contribution in [0.2, 0.25) is 0 Å². The van der Waals surface area contributed by atoms with E-state index in [2.05, 4.69) is 34.2 Å². The monoisotopic (exact) mass is 333 g/mol. The summed E-state index contributed by atoms with van der Waals surface area (Å²) >= 11 is 0. The van der Waals surface area contributed by atoms with Crippen LogP contribution in [0.5, 0.6) is 0 Å². The second-order valence-electron chi connectivity index (χ2n) is 6.83. The SMILES string of the molecule is C[C@@H](O)CN1CCN(CCC(=O)NCCc2ccccc2)C[C@@H]1C. The Bertz CT molecular complexity index is 493. The van der Waals surface area contributed by atoms with Gasteiger partial charge in [0.15, 0.2) is 0 Å². The zero-order valence-electron chi connectivity index (χ0n) is 14.9. The quantitative estimate of drug-likeness (QED) is 0.749. The summed E-state index contributed by atoms with van der Waals surface area (Å²) in [6.45, 7) is 9.15. The molecule has 0 unspecified atom stereocenters. The fourth-order valence-corrected chi connectivity index (χ4v) is 3.22. The number of carbonyl (C=O) groups excluding carboxylic acids is 1. The van der Waals surface area contributed by atoms with Gasteiger partial charge in [0, 0.05) is 51.7 Å². The maximum Gasteiger partial charge on any atom is 0.221 e. The number of rotatable bonds is 8. The minimum atomic E-state index is -0.283. The zero-order chi connectivity index (χ0) is 17.4. The van der Waals surface area contributed by atoms with Gasteiger partial charge in [-0.15, -0.1) is 0 Å². The normalized spacial score (nSPS) is 20.7. The van der Waals surface area contributed by atoms with Gasteiger partial charge in [-0.05, 0) is 25.8 Å². The molecule has 134 valence electrons. The Morgan fingerprint density at radius 2 is 2.08 bits per heavy atom. The van der Waals surface area contributed by atoms with Gasteiger partial charge >= 0.3 is 0 Å². The number of aliphatic hydroxyl groups excluding tert-OH is 1. The first-order valence-corrected chi connectivity index (χ1v) is 8.99. The van der Waals surface area contributed by atoms with Crippen molar-refractivity contribution in [2.75, 3.05) is 39.3 Å². The third-order valence-corrected chi connectivity index (χ3v) is 4.58. The molecule has 1 aliphatic heterocycles. The summed E-state index contributed by atoms with van der Waals surface area (Å²) in [5.74, 6) is 0.130. The fraction of sp³-hybridized carbons (Fsp3) is 0.632. The van der Waals surface area contributed by atoms with E-state index in [9.17, 15) is 9.90 Å². The van der Waals surface area contributed by atoms with Crippen molar-refractivity contribution in [2.24, 2.45) is 0 Å². The zero-order valence-corrected chi connectivity index (χ0v) is 14.9. The standard InChI is InChI=1S/C19H31N3O2/c1-16-14-21(12-13-22(16)15-17(2)23)11-9-19(24)20-10-8-18-6-4-3-5-7-18/h3-7,16-17,23H,8-15H2,1-2H3,(H,20,24)/t16-,17+/m0/s1. The first kappa shape index (κ1) is 18.9. The van der Waals surface area contributed by atoms with Crippen molar-refractivity contribution in [2.45, 2.75) is 38.8 Å². The van der Waals surface area contributed by atoms with E-state index in [0.29, 0.717) is 19.0 Å². The van der Waals surface area contributed by atoms with Crippen LogP contribution in [0.3, 0.4) is 0 Å². The number of piperazine rings is 1. The predicted octanol–water partition coefficient (Wildman–Crippen LogP) is 1.12. The highest BCUT2D eigenvalue weighted by Crippen LogP contribution is 2.10. The third kappa shape index (κ3) is 6.59. The van der Waals surface area contributed by atoms with E-state index < -0.39 is 0 Å². The fourth-order valence-electron chi connectivity index (χ4n) is 3.22. The van der Waals surface area contributed by atoms with E-state index >= 15 is 0 Å². The van der Waals surface area contributed by atoms with Crippen LogP contribution in [0.4, 0.5) is 0 Å². The third-order valence-electron chi connectivity index (χ3n) is 4.58. The number of nitrogens with zero attached hydrogens (tertiary/aromatic N) is 2.